The van der Waals surface area contributed by atoms with Gasteiger partial charge in [-0.15, -0.1) is 0 Å². The summed E-state index contributed by atoms with van der Waals surface area (Å²) in [6.45, 7) is 1.92. The Bertz CT molecular complexity index is 441. The fourth-order valence-electron chi connectivity index (χ4n) is 1.38. The molecule has 0 spiro atoms. The van der Waals surface area contributed by atoms with E-state index in [1.165, 1.54) is 0 Å². The van der Waals surface area contributed by atoms with Gasteiger partial charge < -0.3 is 4.42 Å². The highest BCUT2D eigenvalue weighted by molar-refractivity contribution is 5.80. The van der Waals surface area contributed by atoms with E-state index in [1.54, 1.807) is 12.5 Å². The van der Waals surface area contributed by atoms with Crippen LogP contribution in [-0.2, 0) is 0 Å². The van der Waals surface area contributed by atoms with Gasteiger partial charge in [0, 0.05) is 11.1 Å². The average Bonchev–Trinajstić information content (AvgIpc) is 2.71. The van der Waals surface area contributed by atoms with E-state index in [2.05, 4.69) is 0 Å². The summed E-state index contributed by atoms with van der Waals surface area (Å²) in [6.07, 6.45) is 4.16. The average molecular weight is 186 g/mol. The summed E-state index contributed by atoms with van der Waals surface area (Å²) in [4.78, 5) is 10.7. The molecule has 0 aliphatic rings. The summed E-state index contributed by atoms with van der Waals surface area (Å²) >= 11 is 0. The normalized spacial score (nSPS) is 10.1. The van der Waals surface area contributed by atoms with Crippen LogP contribution < -0.4 is 0 Å². The fraction of sp³-hybridized carbons (Fsp3) is 0.0833. The zero-order valence-electron chi connectivity index (χ0n) is 7.86. The van der Waals surface area contributed by atoms with Crippen molar-refractivity contribution in [1.82, 2.24) is 0 Å². The number of carbonyl (C=O) groups is 1. The van der Waals surface area contributed by atoms with Gasteiger partial charge in [0.15, 0.2) is 0 Å². The maximum Gasteiger partial charge on any atom is 0.150 e. The summed E-state index contributed by atoms with van der Waals surface area (Å²) in [5.41, 5.74) is 3.72. The lowest BCUT2D eigenvalue weighted by Crippen LogP contribution is -1.86. The van der Waals surface area contributed by atoms with Crippen molar-refractivity contribution in [2.24, 2.45) is 0 Å². The van der Waals surface area contributed by atoms with E-state index in [0.717, 1.165) is 28.5 Å². The Kier molecular flexibility index (Phi) is 2.19. The van der Waals surface area contributed by atoms with Gasteiger partial charge >= 0.3 is 0 Å². The van der Waals surface area contributed by atoms with Crippen LogP contribution in [0.3, 0.4) is 0 Å². The largest absolute Gasteiger partial charge is 0.472 e. The minimum absolute atomic E-state index is 0.726. The van der Waals surface area contributed by atoms with E-state index in [-0.39, 0.29) is 0 Å². The van der Waals surface area contributed by atoms with Crippen molar-refractivity contribution in [3.8, 4) is 11.1 Å². The van der Waals surface area contributed by atoms with Gasteiger partial charge in [0.25, 0.3) is 0 Å². The molecule has 0 atom stereocenters. The highest BCUT2D eigenvalue weighted by atomic mass is 16.3. The molecule has 1 heterocycles. The highest BCUT2D eigenvalue weighted by Crippen LogP contribution is 2.21. The Morgan fingerprint density at radius 1 is 1.21 bits per heavy atom. The molecule has 0 saturated carbocycles. The molecule has 0 aliphatic carbocycles. The van der Waals surface area contributed by atoms with Crippen molar-refractivity contribution in [2.75, 3.05) is 0 Å². The van der Waals surface area contributed by atoms with Crippen LogP contribution >= 0.6 is 0 Å². The Hall–Kier alpha value is -1.83. The van der Waals surface area contributed by atoms with Gasteiger partial charge in [0.05, 0.1) is 12.5 Å². The highest BCUT2D eigenvalue weighted by Gasteiger charge is 2.02. The lowest BCUT2D eigenvalue weighted by molar-refractivity contribution is 0.112. The van der Waals surface area contributed by atoms with Crippen molar-refractivity contribution in [3.63, 3.8) is 0 Å². The predicted molar refractivity (Wildman–Crippen MR) is 54.3 cm³/mol. The summed E-state index contributed by atoms with van der Waals surface area (Å²) in [6, 6.07) is 7.66. The van der Waals surface area contributed by atoms with Crippen LogP contribution in [0.2, 0.25) is 0 Å². The lowest BCUT2D eigenvalue weighted by Gasteiger charge is -2.01. The number of carbonyl (C=O) groups excluding carboxylic acids is 1. The predicted octanol–water partition coefficient (Wildman–Crippen LogP) is 3.07. The van der Waals surface area contributed by atoms with Gasteiger partial charge in [0.2, 0.25) is 0 Å². The molecule has 0 unspecified atom stereocenters. The van der Waals surface area contributed by atoms with Crippen molar-refractivity contribution in [3.05, 3.63) is 47.9 Å². The molecule has 0 saturated heterocycles. The first-order chi connectivity index (χ1) is 6.81. The molecule has 0 fully saturated rings. The molecular weight excluding hydrogens is 176 g/mol. The number of rotatable bonds is 2. The van der Waals surface area contributed by atoms with Crippen LogP contribution in [0.1, 0.15) is 15.9 Å². The third-order valence-corrected chi connectivity index (χ3v) is 2.26. The first-order valence-electron chi connectivity index (χ1n) is 4.39. The quantitative estimate of drug-likeness (QED) is 0.674. The molecule has 0 amide bonds. The molecule has 70 valence electrons. The second-order valence-electron chi connectivity index (χ2n) is 3.20. The number of aldehydes is 1. The van der Waals surface area contributed by atoms with Gasteiger partial charge in [-0.2, -0.15) is 0 Å². The standard InChI is InChI=1S/C12H10O2/c1-9-2-3-10(6-12(9)7-13)11-4-5-14-8-11/h2-8H,1H3. The summed E-state index contributed by atoms with van der Waals surface area (Å²) in [5.74, 6) is 0. The number of furan rings is 1. The molecule has 0 bridgehead atoms. The Labute approximate surface area is 82.2 Å². The van der Waals surface area contributed by atoms with Crippen LogP contribution in [0.15, 0.2) is 41.2 Å². The summed E-state index contributed by atoms with van der Waals surface area (Å²) < 4.78 is 4.98. The van der Waals surface area contributed by atoms with Gasteiger partial charge in [0.1, 0.15) is 6.29 Å². The minimum atomic E-state index is 0.726. The van der Waals surface area contributed by atoms with Crippen molar-refractivity contribution in [1.29, 1.82) is 0 Å². The van der Waals surface area contributed by atoms with E-state index in [1.807, 2.05) is 31.2 Å². The van der Waals surface area contributed by atoms with Crippen molar-refractivity contribution >= 4 is 6.29 Å². The second kappa shape index (κ2) is 3.50. The fourth-order valence-corrected chi connectivity index (χ4v) is 1.38. The topological polar surface area (TPSA) is 30.2 Å². The monoisotopic (exact) mass is 186 g/mol. The molecule has 2 nitrogen and oxygen atoms in total. The first-order valence-corrected chi connectivity index (χ1v) is 4.39. The van der Waals surface area contributed by atoms with E-state index in [9.17, 15) is 4.79 Å². The van der Waals surface area contributed by atoms with E-state index >= 15 is 0 Å². The maximum absolute atomic E-state index is 10.7. The Morgan fingerprint density at radius 2 is 2.07 bits per heavy atom. The molecule has 0 N–H and O–H groups in total. The van der Waals surface area contributed by atoms with Gasteiger partial charge in [-0.3, -0.25) is 4.79 Å². The zero-order valence-corrected chi connectivity index (χ0v) is 7.86. The second-order valence-corrected chi connectivity index (χ2v) is 3.20. The summed E-state index contributed by atoms with van der Waals surface area (Å²) in [5, 5.41) is 0. The van der Waals surface area contributed by atoms with Crippen molar-refractivity contribution in [2.45, 2.75) is 6.92 Å². The van der Waals surface area contributed by atoms with Crippen LogP contribution in [0, 0.1) is 6.92 Å². The van der Waals surface area contributed by atoms with E-state index in [0.29, 0.717) is 0 Å². The zero-order chi connectivity index (χ0) is 9.97. The van der Waals surface area contributed by atoms with Gasteiger partial charge in [-0.05, 0) is 30.2 Å². The smallest absolute Gasteiger partial charge is 0.150 e. The van der Waals surface area contributed by atoms with E-state index in [4.69, 9.17) is 4.42 Å². The van der Waals surface area contributed by atoms with Gasteiger partial charge in [-0.1, -0.05) is 12.1 Å². The number of aryl methyl sites for hydroxylation is 1. The molecular formula is C12H10O2. The third kappa shape index (κ3) is 1.46. The van der Waals surface area contributed by atoms with Crippen LogP contribution in [-0.4, -0.2) is 6.29 Å². The van der Waals surface area contributed by atoms with Crippen LogP contribution in [0.5, 0.6) is 0 Å². The maximum atomic E-state index is 10.7. The van der Waals surface area contributed by atoms with Crippen LogP contribution in [0.25, 0.3) is 11.1 Å². The number of benzene rings is 1. The molecule has 1 aromatic carbocycles. The minimum Gasteiger partial charge on any atom is -0.472 e. The molecule has 1 aromatic heterocycles. The molecule has 2 aromatic rings. The number of hydrogen-bond acceptors (Lipinski definition) is 2. The lowest BCUT2D eigenvalue weighted by atomic mass is 10.0. The molecule has 2 rings (SSSR count). The van der Waals surface area contributed by atoms with Crippen LogP contribution in [0.4, 0.5) is 0 Å². The van der Waals surface area contributed by atoms with E-state index < -0.39 is 0 Å². The van der Waals surface area contributed by atoms with Crippen molar-refractivity contribution < 1.29 is 9.21 Å². The third-order valence-electron chi connectivity index (χ3n) is 2.26. The van der Waals surface area contributed by atoms with Gasteiger partial charge in [-0.25, -0.2) is 0 Å². The number of hydrogen-bond donors (Lipinski definition) is 0. The molecule has 0 aliphatic heterocycles. The molecule has 2 heteroatoms. The first kappa shape index (κ1) is 8.75. The molecule has 14 heavy (non-hydrogen) atoms. The Balaban J connectivity index is 2.51. The SMILES string of the molecule is Cc1ccc(-c2ccoc2)cc1C=O. The molecule has 0 radical (unpaired) electrons. The summed E-state index contributed by atoms with van der Waals surface area (Å²) in [7, 11) is 0. The Morgan fingerprint density at radius 3 is 2.71 bits per heavy atom.